The van der Waals surface area contributed by atoms with Crippen molar-refractivity contribution in [2.45, 2.75) is 200 Å². The standard InChI is InChI=1S/C42H74NO2/c1-3-5-7-9-11-13-15-17-19-21-23-25-27-29-31-33-37-43-38-35-41(36-39-43)42(44)45-40-34-32-30-28-26-24-22-20-18-16-14-12-10-8-6-4-2/h17-20,35-36,38-39H,3-16,21-34,37,40H2,1-2H3/q+1/b19-17-,20-18-. The Morgan fingerprint density at radius 3 is 1.29 bits per heavy atom. The van der Waals surface area contributed by atoms with E-state index in [9.17, 15) is 4.79 Å². The predicted molar refractivity (Wildman–Crippen MR) is 196 cm³/mol. The first-order valence-corrected chi connectivity index (χ1v) is 19.7. The van der Waals surface area contributed by atoms with Crippen molar-refractivity contribution < 1.29 is 14.1 Å². The molecule has 0 aliphatic rings. The molecule has 0 saturated heterocycles. The molecule has 0 bridgehead atoms. The van der Waals surface area contributed by atoms with Crippen LogP contribution in [0.25, 0.3) is 0 Å². The first-order valence-electron chi connectivity index (χ1n) is 19.7. The normalized spacial score (nSPS) is 11.7. The summed E-state index contributed by atoms with van der Waals surface area (Å²) in [5.41, 5.74) is 0.664. The Morgan fingerprint density at radius 1 is 0.511 bits per heavy atom. The molecule has 0 atom stereocenters. The van der Waals surface area contributed by atoms with Crippen LogP contribution >= 0.6 is 0 Å². The number of rotatable bonds is 33. The van der Waals surface area contributed by atoms with Crippen LogP contribution in [0.15, 0.2) is 48.8 Å². The Hall–Kier alpha value is -1.90. The van der Waals surface area contributed by atoms with Crippen molar-refractivity contribution in [2.24, 2.45) is 0 Å². The lowest BCUT2D eigenvalue weighted by Gasteiger charge is -2.05. The molecule has 258 valence electrons. The van der Waals surface area contributed by atoms with Crippen LogP contribution in [-0.2, 0) is 11.3 Å². The molecule has 0 amide bonds. The summed E-state index contributed by atoms with van der Waals surface area (Å²) in [7, 11) is 0. The lowest BCUT2D eigenvalue weighted by Crippen LogP contribution is -2.32. The molecule has 0 aromatic carbocycles. The number of allylic oxidation sites excluding steroid dienone is 4. The van der Waals surface area contributed by atoms with Gasteiger partial charge in [0.25, 0.3) is 0 Å². The van der Waals surface area contributed by atoms with Crippen molar-refractivity contribution in [1.29, 1.82) is 0 Å². The fourth-order valence-electron chi connectivity index (χ4n) is 5.88. The van der Waals surface area contributed by atoms with E-state index in [1.807, 2.05) is 24.5 Å². The monoisotopic (exact) mass is 625 g/mol. The number of nitrogens with zero attached hydrogens (tertiary/aromatic N) is 1. The van der Waals surface area contributed by atoms with Crippen LogP contribution in [0.2, 0.25) is 0 Å². The van der Waals surface area contributed by atoms with Crippen molar-refractivity contribution in [1.82, 2.24) is 0 Å². The molecule has 0 fully saturated rings. The maximum atomic E-state index is 12.4. The van der Waals surface area contributed by atoms with Crippen LogP contribution in [0.5, 0.6) is 0 Å². The molecule has 3 heteroatoms. The second-order valence-corrected chi connectivity index (χ2v) is 13.3. The van der Waals surface area contributed by atoms with Gasteiger partial charge in [-0.25, -0.2) is 9.36 Å². The first kappa shape index (κ1) is 41.1. The van der Waals surface area contributed by atoms with E-state index in [4.69, 9.17) is 4.74 Å². The van der Waals surface area contributed by atoms with Gasteiger partial charge < -0.3 is 4.74 Å². The van der Waals surface area contributed by atoms with E-state index >= 15 is 0 Å². The number of ether oxygens (including phenoxy) is 1. The van der Waals surface area contributed by atoms with Crippen LogP contribution in [0, 0.1) is 0 Å². The van der Waals surface area contributed by atoms with Crippen molar-refractivity contribution in [3.63, 3.8) is 0 Å². The highest BCUT2D eigenvalue weighted by molar-refractivity contribution is 5.88. The van der Waals surface area contributed by atoms with Gasteiger partial charge in [0.1, 0.15) is 6.54 Å². The maximum Gasteiger partial charge on any atom is 0.338 e. The molecule has 0 saturated carbocycles. The molecule has 1 aromatic rings. The smallest absolute Gasteiger partial charge is 0.338 e. The van der Waals surface area contributed by atoms with Gasteiger partial charge in [-0.05, 0) is 64.2 Å². The maximum absolute atomic E-state index is 12.4. The number of hydrogen-bond donors (Lipinski definition) is 0. The summed E-state index contributed by atoms with van der Waals surface area (Å²) in [6.07, 6.45) is 50.3. The minimum absolute atomic E-state index is 0.188. The van der Waals surface area contributed by atoms with Gasteiger partial charge in [0, 0.05) is 18.6 Å². The van der Waals surface area contributed by atoms with E-state index in [1.165, 1.54) is 167 Å². The van der Waals surface area contributed by atoms with E-state index < -0.39 is 0 Å². The number of esters is 1. The molecule has 45 heavy (non-hydrogen) atoms. The van der Waals surface area contributed by atoms with Crippen LogP contribution < -0.4 is 4.57 Å². The number of hydrogen-bond acceptors (Lipinski definition) is 2. The molecule has 0 aliphatic heterocycles. The fourth-order valence-corrected chi connectivity index (χ4v) is 5.88. The zero-order valence-corrected chi connectivity index (χ0v) is 30.1. The highest BCUT2D eigenvalue weighted by Gasteiger charge is 2.09. The fraction of sp³-hybridized carbons (Fsp3) is 0.762. The Bertz CT molecular complexity index is 812. The van der Waals surface area contributed by atoms with Gasteiger partial charge in [0.15, 0.2) is 12.4 Å². The zero-order chi connectivity index (χ0) is 32.3. The first-order chi connectivity index (χ1) is 22.3. The second kappa shape index (κ2) is 33.5. The molecule has 0 N–H and O–H groups in total. The van der Waals surface area contributed by atoms with Gasteiger partial charge in [-0.2, -0.15) is 0 Å². The van der Waals surface area contributed by atoms with Gasteiger partial charge in [0.05, 0.1) is 12.2 Å². The molecular formula is C42H74NO2+. The second-order valence-electron chi connectivity index (χ2n) is 13.3. The number of pyridine rings is 1. The van der Waals surface area contributed by atoms with Crippen molar-refractivity contribution >= 4 is 5.97 Å². The van der Waals surface area contributed by atoms with Crippen LogP contribution in [0.4, 0.5) is 0 Å². The molecule has 3 nitrogen and oxygen atoms in total. The Kier molecular flexibility index (Phi) is 30.6. The molecular weight excluding hydrogens is 550 g/mol. The van der Waals surface area contributed by atoms with E-state index in [0.29, 0.717) is 12.2 Å². The van der Waals surface area contributed by atoms with Gasteiger partial charge in [-0.1, -0.05) is 147 Å². The van der Waals surface area contributed by atoms with Gasteiger partial charge in [-0.3, -0.25) is 0 Å². The Labute approximate surface area is 280 Å². The molecule has 0 unspecified atom stereocenters. The number of aromatic nitrogens is 1. The molecule has 0 radical (unpaired) electrons. The van der Waals surface area contributed by atoms with E-state index in [1.54, 1.807) is 0 Å². The topological polar surface area (TPSA) is 30.2 Å². The highest BCUT2D eigenvalue weighted by atomic mass is 16.5. The molecule has 1 rings (SSSR count). The van der Waals surface area contributed by atoms with Gasteiger partial charge >= 0.3 is 5.97 Å². The summed E-state index contributed by atoms with van der Waals surface area (Å²) in [5.74, 6) is -0.188. The predicted octanol–water partition coefficient (Wildman–Crippen LogP) is 13.2. The van der Waals surface area contributed by atoms with Gasteiger partial charge in [0.2, 0.25) is 0 Å². The number of unbranched alkanes of at least 4 members (excludes halogenated alkanes) is 24. The average molecular weight is 625 g/mol. The lowest BCUT2D eigenvalue weighted by atomic mass is 10.1. The van der Waals surface area contributed by atoms with Crippen molar-refractivity contribution in [3.05, 3.63) is 54.4 Å². The minimum Gasteiger partial charge on any atom is -0.462 e. The zero-order valence-electron chi connectivity index (χ0n) is 30.1. The summed E-state index contributed by atoms with van der Waals surface area (Å²) in [6.45, 7) is 6.11. The molecule has 0 spiro atoms. The highest BCUT2D eigenvalue weighted by Crippen LogP contribution is 2.12. The largest absolute Gasteiger partial charge is 0.462 e. The number of carbonyl (C=O) groups excluding carboxylic acids is 1. The van der Waals surface area contributed by atoms with Gasteiger partial charge in [-0.15, -0.1) is 0 Å². The third kappa shape index (κ3) is 28.1. The Morgan fingerprint density at radius 2 is 0.867 bits per heavy atom. The quantitative estimate of drug-likeness (QED) is 0.0337. The Balaban J connectivity index is 1.90. The summed E-state index contributed by atoms with van der Waals surface area (Å²) >= 11 is 0. The lowest BCUT2D eigenvalue weighted by molar-refractivity contribution is -0.697. The van der Waals surface area contributed by atoms with Crippen molar-refractivity contribution in [3.8, 4) is 0 Å². The molecule has 1 heterocycles. The van der Waals surface area contributed by atoms with E-state index in [2.05, 4.69) is 42.7 Å². The summed E-state index contributed by atoms with van der Waals surface area (Å²) in [5, 5.41) is 0. The third-order valence-electron chi connectivity index (χ3n) is 8.94. The van der Waals surface area contributed by atoms with E-state index in [-0.39, 0.29) is 5.97 Å². The van der Waals surface area contributed by atoms with Crippen molar-refractivity contribution in [2.75, 3.05) is 6.61 Å². The average Bonchev–Trinajstić information content (AvgIpc) is 3.06. The summed E-state index contributed by atoms with van der Waals surface area (Å²) in [4.78, 5) is 12.4. The molecule has 0 aliphatic carbocycles. The summed E-state index contributed by atoms with van der Waals surface area (Å²) in [6, 6.07) is 3.81. The van der Waals surface area contributed by atoms with E-state index in [0.717, 1.165) is 19.4 Å². The minimum atomic E-state index is -0.188. The van der Waals surface area contributed by atoms with Crippen LogP contribution in [0.3, 0.4) is 0 Å². The summed E-state index contributed by atoms with van der Waals surface area (Å²) < 4.78 is 7.71. The van der Waals surface area contributed by atoms with Crippen LogP contribution in [-0.4, -0.2) is 12.6 Å². The SMILES string of the molecule is CCCCCCCC/C=C\CCCCCCCCOC(=O)c1cc[n+](CCCCCCCC/C=C\CCCCCCCC)cc1. The van der Waals surface area contributed by atoms with Crippen LogP contribution in [0.1, 0.15) is 204 Å². The number of carbonyl (C=O) groups is 1. The molecule has 1 aromatic heterocycles. The third-order valence-corrected chi connectivity index (χ3v) is 8.94. The number of aryl methyl sites for hydroxylation is 1.